The second-order valence-corrected chi connectivity index (χ2v) is 8.56. The molecule has 0 saturated heterocycles. The molecular formula is C22H25ClN4O2S. The third-order valence-corrected chi connectivity index (χ3v) is 5.79. The van der Waals surface area contributed by atoms with Crippen molar-refractivity contribution in [3.05, 3.63) is 64.4 Å². The zero-order valence-corrected chi connectivity index (χ0v) is 19.0. The molecule has 1 aromatic heterocycles. The predicted octanol–water partition coefficient (Wildman–Crippen LogP) is 4.80. The van der Waals surface area contributed by atoms with Gasteiger partial charge in [0.05, 0.1) is 19.3 Å². The summed E-state index contributed by atoms with van der Waals surface area (Å²) in [4.78, 5) is 12.1. The number of thioether (sulfide) groups is 1. The van der Waals surface area contributed by atoms with E-state index in [4.69, 9.17) is 16.3 Å². The first-order valence-corrected chi connectivity index (χ1v) is 11.0. The number of hydrogen-bond acceptors (Lipinski definition) is 5. The fourth-order valence-electron chi connectivity index (χ4n) is 2.85. The monoisotopic (exact) mass is 444 g/mol. The Bertz CT molecular complexity index is 1040. The predicted molar refractivity (Wildman–Crippen MR) is 120 cm³/mol. The molecule has 8 heteroatoms. The van der Waals surface area contributed by atoms with E-state index in [0.29, 0.717) is 16.6 Å². The van der Waals surface area contributed by atoms with Crippen molar-refractivity contribution in [1.29, 1.82) is 0 Å². The molecule has 1 N–H and O–H groups in total. The van der Waals surface area contributed by atoms with Crippen LogP contribution in [0.2, 0.25) is 5.02 Å². The van der Waals surface area contributed by atoms with Crippen molar-refractivity contribution in [2.24, 2.45) is 5.92 Å². The standard InChI is InChI=1S/C22H25ClN4O2S/c1-14(2)21(28)24-12-20-25-26-22(27(20)19-11-17(23)9-8-15(19)3)30-13-16-6-5-7-18(10-16)29-4/h5-11,14H,12-13H2,1-4H3,(H,24,28). The molecule has 0 aliphatic carbocycles. The summed E-state index contributed by atoms with van der Waals surface area (Å²) in [6, 6.07) is 13.6. The number of ether oxygens (including phenoxy) is 1. The highest BCUT2D eigenvalue weighted by Gasteiger charge is 2.18. The quantitative estimate of drug-likeness (QED) is 0.505. The Balaban J connectivity index is 1.92. The minimum atomic E-state index is -0.101. The van der Waals surface area contributed by atoms with Gasteiger partial charge in [0.15, 0.2) is 11.0 Å². The Hall–Kier alpha value is -2.51. The summed E-state index contributed by atoms with van der Waals surface area (Å²) < 4.78 is 7.27. The lowest BCUT2D eigenvalue weighted by Gasteiger charge is -2.14. The van der Waals surface area contributed by atoms with Gasteiger partial charge < -0.3 is 10.1 Å². The molecule has 0 saturated carbocycles. The summed E-state index contributed by atoms with van der Waals surface area (Å²) in [6.07, 6.45) is 0. The zero-order valence-electron chi connectivity index (χ0n) is 17.5. The van der Waals surface area contributed by atoms with Crippen LogP contribution in [0.25, 0.3) is 5.69 Å². The number of amides is 1. The Kier molecular flexibility index (Phi) is 7.39. The Morgan fingerprint density at radius 3 is 2.77 bits per heavy atom. The molecule has 3 aromatic rings. The number of aromatic nitrogens is 3. The van der Waals surface area contributed by atoms with Gasteiger partial charge in [-0.2, -0.15) is 0 Å². The first kappa shape index (κ1) is 22.2. The normalized spacial score (nSPS) is 11.0. The highest BCUT2D eigenvalue weighted by Crippen LogP contribution is 2.29. The molecular weight excluding hydrogens is 420 g/mol. The van der Waals surface area contributed by atoms with Crippen molar-refractivity contribution in [2.75, 3.05) is 7.11 Å². The molecule has 6 nitrogen and oxygen atoms in total. The third kappa shape index (κ3) is 5.34. The number of hydrogen-bond donors (Lipinski definition) is 1. The second kappa shape index (κ2) is 10.00. The summed E-state index contributed by atoms with van der Waals surface area (Å²) in [7, 11) is 1.66. The molecule has 0 radical (unpaired) electrons. The van der Waals surface area contributed by atoms with Crippen LogP contribution in [0.5, 0.6) is 5.75 Å². The summed E-state index contributed by atoms with van der Waals surface area (Å²) in [5.41, 5.74) is 3.06. The molecule has 0 atom stereocenters. The van der Waals surface area contributed by atoms with E-state index in [2.05, 4.69) is 15.5 Å². The van der Waals surface area contributed by atoms with Crippen LogP contribution in [0.1, 0.15) is 30.8 Å². The number of methoxy groups -OCH3 is 1. The van der Waals surface area contributed by atoms with Crippen molar-refractivity contribution in [2.45, 2.75) is 38.2 Å². The van der Waals surface area contributed by atoms with Gasteiger partial charge in [0.25, 0.3) is 0 Å². The van der Waals surface area contributed by atoms with Gasteiger partial charge in [-0.15, -0.1) is 10.2 Å². The molecule has 0 spiro atoms. The van der Waals surface area contributed by atoms with Gasteiger partial charge in [-0.05, 0) is 42.3 Å². The van der Waals surface area contributed by atoms with Gasteiger partial charge in [-0.25, -0.2) is 0 Å². The fraction of sp³-hybridized carbons (Fsp3) is 0.318. The maximum Gasteiger partial charge on any atom is 0.222 e. The average molecular weight is 445 g/mol. The lowest BCUT2D eigenvalue weighted by Crippen LogP contribution is -2.28. The molecule has 0 fully saturated rings. The molecule has 30 heavy (non-hydrogen) atoms. The number of halogens is 1. The van der Waals surface area contributed by atoms with Gasteiger partial charge >= 0.3 is 0 Å². The molecule has 0 unspecified atom stereocenters. The highest BCUT2D eigenvalue weighted by molar-refractivity contribution is 7.98. The van der Waals surface area contributed by atoms with Crippen molar-refractivity contribution in [3.63, 3.8) is 0 Å². The number of carbonyl (C=O) groups excluding carboxylic acids is 1. The van der Waals surface area contributed by atoms with E-state index < -0.39 is 0 Å². The largest absolute Gasteiger partial charge is 0.497 e. The van der Waals surface area contributed by atoms with E-state index in [-0.39, 0.29) is 18.4 Å². The van der Waals surface area contributed by atoms with E-state index >= 15 is 0 Å². The maximum atomic E-state index is 12.1. The Morgan fingerprint density at radius 1 is 1.23 bits per heavy atom. The summed E-state index contributed by atoms with van der Waals surface area (Å²) in [5, 5.41) is 13.0. The first-order chi connectivity index (χ1) is 14.4. The van der Waals surface area contributed by atoms with Crippen LogP contribution < -0.4 is 10.1 Å². The minimum Gasteiger partial charge on any atom is -0.497 e. The van der Waals surface area contributed by atoms with E-state index in [1.807, 2.05) is 67.8 Å². The van der Waals surface area contributed by atoms with Crippen LogP contribution in [0.3, 0.4) is 0 Å². The van der Waals surface area contributed by atoms with Crippen molar-refractivity contribution in [1.82, 2.24) is 20.1 Å². The molecule has 1 amide bonds. The number of benzene rings is 2. The summed E-state index contributed by atoms with van der Waals surface area (Å²) >= 11 is 7.84. The molecule has 0 aliphatic rings. The van der Waals surface area contributed by atoms with Gasteiger partial charge in [0, 0.05) is 16.7 Å². The SMILES string of the molecule is COc1cccc(CSc2nnc(CNC(=O)C(C)C)n2-c2cc(Cl)ccc2C)c1. The van der Waals surface area contributed by atoms with Crippen LogP contribution in [-0.2, 0) is 17.1 Å². The van der Waals surface area contributed by atoms with E-state index in [1.54, 1.807) is 18.9 Å². The third-order valence-electron chi connectivity index (χ3n) is 4.56. The van der Waals surface area contributed by atoms with Gasteiger partial charge in [-0.1, -0.05) is 55.4 Å². The lowest BCUT2D eigenvalue weighted by molar-refractivity contribution is -0.124. The molecule has 158 valence electrons. The van der Waals surface area contributed by atoms with E-state index in [1.165, 1.54) is 0 Å². The van der Waals surface area contributed by atoms with Crippen molar-refractivity contribution < 1.29 is 9.53 Å². The molecule has 0 aliphatic heterocycles. The number of rotatable bonds is 8. The summed E-state index contributed by atoms with van der Waals surface area (Å²) in [5.74, 6) is 2.04. The van der Waals surface area contributed by atoms with Crippen LogP contribution in [0.15, 0.2) is 47.6 Å². The Labute approximate surface area is 186 Å². The smallest absolute Gasteiger partial charge is 0.222 e. The Morgan fingerprint density at radius 2 is 2.03 bits per heavy atom. The summed E-state index contributed by atoms with van der Waals surface area (Å²) in [6.45, 7) is 6.02. The second-order valence-electron chi connectivity index (χ2n) is 7.18. The van der Waals surface area contributed by atoms with Crippen LogP contribution in [0, 0.1) is 12.8 Å². The molecule has 2 aromatic carbocycles. The minimum absolute atomic E-state index is 0.0297. The van der Waals surface area contributed by atoms with Gasteiger partial charge in [0.2, 0.25) is 5.91 Å². The van der Waals surface area contributed by atoms with Crippen molar-refractivity contribution in [3.8, 4) is 11.4 Å². The van der Waals surface area contributed by atoms with Crippen LogP contribution >= 0.6 is 23.4 Å². The molecule has 0 bridgehead atoms. The highest BCUT2D eigenvalue weighted by atomic mass is 35.5. The topological polar surface area (TPSA) is 69.0 Å². The number of aryl methyl sites for hydroxylation is 1. The van der Waals surface area contributed by atoms with Crippen molar-refractivity contribution >= 4 is 29.3 Å². The zero-order chi connectivity index (χ0) is 21.7. The number of carbonyl (C=O) groups is 1. The number of nitrogens with zero attached hydrogens (tertiary/aromatic N) is 3. The lowest BCUT2D eigenvalue weighted by atomic mass is 10.2. The number of nitrogens with one attached hydrogen (secondary N) is 1. The average Bonchev–Trinajstić information content (AvgIpc) is 3.14. The van der Waals surface area contributed by atoms with E-state index in [9.17, 15) is 4.79 Å². The molecule has 1 heterocycles. The van der Waals surface area contributed by atoms with E-state index in [0.717, 1.165) is 27.7 Å². The van der Waals surface area contributed by atoms with Crippen LogP contribution in [-0.4, -0.2) is 27.8 Å². The first-order valence-electron chi connectivity index (χ1n) is 9.63. The molecule has 3 rings (SSSR count). The van der Waals surface area contributed by atoms with Gasteiger partial charge in [-0.3, -0.25) is 9.36 Å². The fourth-order valence-corrected chi connectivity index (χ4v) is 3.93. The van der Waals surface area contributed by atoms with Crippen LogP contribution in [0.4, 0.5) is 0 Å². The van der Waals surface area contributed by atoms with Gasteiger partial charge in [0.1, 0.15) is 5.75 Å². The maximum absolute atomic E-state index is 12.1.